The fourth-order valence-electron chi connectivity index (χ4n) is 3.91. The number of piperidine rings is 1. The Balaban J connectivity index is 0.000000345. The molecule has 0 saturated carbocycles. The molecule has 1 aromatic rings. The number of carboxylic acid groups (broad SMARTS) is 1. The van der Waals surface area contributed by atoms with Gasteiger partial charge in [-0.3, -0.25) is 4.90 Å². The van der Waals surface area contributed by atoms with Gasteiger partial charge in [0, 0.05) is 35.9 Å². The molecule has 0 amide bonds. The average Bonchev–Trinajstić information content (AvgIpc) is 3.04. The summed E-state index contributed by atoms with van der Waals surface area (Å²) in [5.41, 5.74) is 0.468. The molecule has 5 nitrogen and oxygen atoms in total. The van der Waals surface area contributed by atoms with Gasteiger partial charge in [-0.1, -0.05) is 0 Å². The maximum Gasteiger partial charge on any atom is 0.490 e. The molecule has 0 aromatic carbocycles. The van der Waals surface area contributed by atoms with Crippen LogP contribution in [0, 0.1) is 18.3 Å². The molecule has 0 bridgehead atoms. The number of carbonyl (C=O) groups is 1. The van der Waals surface area contributed by atoms with Crippen LogP contribution in [0.2, 0.25) is 0 Å². The van der Waals surface area contributed by atoms with Crippen LogP contribution in [-0.2, 0) is 20.8 Å². The lowest BCUT2D eigenvalue weighted by atomic mass is 9.66. The van der Waals surface area contributed by atoms with Gasteiger partial charge in [-0.2, -0.15) is 13.2 Å². The predicted molar refractivity (Wildman–Crippen MR) is 100 cm³/mol. The lowest BCUT2D eigenvalue weighted by Gasteiger charge is -2.48. The molecule has 3 rings (SSSR count). The van der Waals surface area contributed by atoms with Gasteiger partial charge in [0.05, 0.1) is 13.2 Å². The Morgan fingerprint density at radius 3 is 2.50 bits per heavy atom. The molecule has 1 aromatic heterocycles. The predicted octanol–water partition coefficient (Wildman–Crippen LogP) is 3.95. The minimum absolute atomic E-state index is 0.468. The second-order valence-electron chi connectivity index (χ2n) is 7.43. The number of nitrogens with zero attached hydrogens (tertiary/aromatic N) is 1. The maximum atomic E-state index is 10.6. The SMILES string of the molecule is COCC1COCCC12CCN(Cc1ccc(C)s1)CC2.O=C(O)C(F)(F)F. The van der Waals surface area contributed by atoms with Crippen molar-refractivity contribution >= 4 is 17.3 Å². The van der Waals surface area contributed by atoms with Gasteiger partial charge >= 0.3 is 12.1 Å². The van der Waals surface area contributed by atoms with Crippen molar-refractivity contribution in [2.24, 2.45) is 11.3 Å². The number of hydrogen-bond acceptors (Lipinski definition) is 5. The average molecular weight is 423 g/mol. The molecule has 28 heavy (non-hydrogen) atoms. The van der Waals surface area contributed by atoms with E-state index in [9.17, 15) is 13.2 Å². The summed E-state index contributed by atoms with van der Waals surface area (Å²) in [5.74, 6) is -2.17. The van der Waals surface area contributed by atoms with Gasteiger partial charge in [-0.05, 0) is 56.8 Å². The molecule has 1 N–H and O–H groups in total. The molecule has 2 aliphatic rings. The summed E-state index contributed by atoms with van der Waals surface area (Å²) < 4.78 is 42.9. The van der Waals surface area contributed by atoms with Crippen molar-refractivity contribution in [3.63, 3.8) is 0 Å². The Morgan fingerprint density at radius 1 is 1.36 bits per heavy atom. The Morgan fingerprint density at radius 2 is 2.00 bits per heavy atom. The van der Waals surface area contributed by atoms with E-state index >= 15 is 0 Å². The van der Waals surface area contributed by atoms with Gasteiger partial charge in [0.1, 0.15) is 0 Å². The van der Waals surface area contributed by atoms with Crippen molar-refractivity contribution < 1.29 is 32.5 Å². The fourth-order valence-corrected chi connectivity index (χ4v) is 4.85. The Labute approximate surface area is 167 Å². The molecular formula is C19H28F3NO4S. The zero-order chi connectivity index (χ0) is 20.8. The van der Waals surface area contributed by atoms with Crippen molar-refractivity contribution in [1.82, 2.24) is 4.90 Å². The lowest BCUT2D eigenvalue weighted by molar-refractivity contribution is -0.192. The molecule has 1 spiro atoms. The van der Waals surface area contributed by atoms with Gasteiger partial charge in [0.25, 0.3) is 0 Å². The van der Waals surface area contributed by atoms with E-state index < -0.39 is 12.1 Å². The van der Waals surface area contributed by atoms with Gasteiger partial charge in [-0.15, -0.1) is 11.3 Å². The van der Waals surface area contributed by atoms with Crippen LogP contribution in [0.15, 0.2) is 12.1 Å². The normalized spacial score (nSPS) is 22.5. The zero-order valence-corrected chi connectivity index (χ0v) is 17.1. The van der Waals surface area contributed by atoms with Crippen LogP contribution in [0.3, 0.4) is 0 Å². The summed E-state index contributed by atoms with van der Waals surface area (Å²) in [6.45, 7) is 8.43. The van der Waals surface area contributed by atoms with Crippen LogP contribution < -0.4 is 0 Å². The molecule has 2 fully saturated rings. The first-order valence-electron chi connectivity index (χ1n) is 9.31. The number of hydrogen-bond donors (Lipinski definition) is 1. The molecule has 160 valence electrons. The number of aryl methyl sites for hydroxylation is 1. The highest BCUT2D eigenvalue weighted by Crippen LogP contribution is 2.45. The third-order valence-electron chi connectivity index (χ3n) is 5.57. The second kappa shape index (κ2) is 10.0. The van der Waals surface area contributed by atoms with Crippen LogP contribution in [-0.4, -0.2) is 62.2 Å². The van der Waals surface area contributed by atoms with E-state index in [0.29, 0.717) is 11.3 Å². The maximum absolute atomic E-state index is 10.6. The van der Waals surface area contributed by atoms with Crippen LogP contribution in [0.5, 0.6) is 0 Å². The van der Waals surface area contributed by atoms with E-state index in [1.165, 1.54) is 42.1 Å². The third kappa shape index (κ3) is 6.43. The summed E-state index contributed by atoms with van der Waals surface area (Å²) in [5, 5.41) is 7.12. The quantitative estimate of drug-likeness (QED) is 0.795. The Kier molecular flexibility index (Phi) is 8.30. The number of halogens is 3. The molecule has 1 atom stereocenters. The van der Waals surface area contributed by atoms with E-state index in [1.807, 2.05) is 18.4 Å². The highest BCUT2D eigenvalue weighted by atomic mass is 32.1. The fraction of sp³-hybridized carbons (Fsp3) is 0.737. The molecule has 2 aliphatic heterocycles. The van der Waals surface area contributed by atoms with Crippen LogP contribution in [0.1, 0.15) is 29.0 Å². The molecule has 3 heterocycles. The lowest BCUT2D eigenvalue weighted by Crippen LogP contribution is -2.49. The van der Waals surface area contributed by atoms with E-state index in [2.05, 4.69) is 24.0 Å². The van der Waals surface area contributed by atoms with Crippen molar-refractivity contribution in [1.29, 1.82) is 0 Å². The standard InChI is InChI=1S/C17H27NO2S.C2HF3O2/c1-14-3-4-16(21-14)11-18-8-5-17(6-9-18)7-10-20-13-15(17)12-19-2;3-2(4,5)1(6)7/h3-4,15H,5-13H2,1-2H3;(H,6,7). The van der Waals surface area contributed by atoms with Gasteiger partial charge in [0.15, 0.2) is 0 Å². The van der Waals surface area contributed by atoms with Crippen LogP contribution >= 0.6 is 11.3 Å². The number of ether oxygens (including phenoxy) is 2. The number of thiophene rings is 1. The monoisotopic (exact) mass is 423 g/mol. The van der Waals surface area contributed by atoms with Crippen LogP contribution in [0.25, 0.3) is 0 Å². The smallest absolute Gasteiger partial charge is 0.475 e. The molecular weight excluding hydrogens is 395 g/mol. The van der Waals surface area contributed by atoms with E-state index in [-0.39, 0.29) is 0 Å². The molecule has 0 radical (unpaired) electrons. The van der Waals surface area contributed by atoms with E-state index in [1.54, 1.807) is 0 Å². The highest BCUT2D eigenvalue weighted by molar-refractivity contribution is 7.11. The number of methoxy groups -OCH3 is 1. The summed E-state index contributed by atoms with van der Waals surface area (Å²) in [7, 11) is 1.82. The van der Waals surface area contributed by atoms with Gasteiger partial charge < -0.3 is 14.6 Å². The Hall–Kier alpha value is -1.16. The first-order valence-corrected chi connectivity index (χ1v) is 10.1. The molecule has 2 saturated heterocycles. The number of carboxylic acids is 1. The minimum Gasteiger partial charge on any atom is -0.475 e. The number of aliphatic carboxylic acids is 1. The second-order valence-corrected chi connectivity index (χ2v) is 8.80. The zero-order valence-electron chi connectivity index (χ0n) is 16.3. The first-order chi connectivity index (χ1) is 13.2. The first kappa shape index (κ1) is 23.1. The summed E-state index contributed by atoms with van der Waals surface area (Å²) in [6.07, 6.45) is -1.27. The van der Waals surface area contributed by atoms with E-state index in [0.717, 1.165) is 26.4 Å². The van der Waals surface area contributed by atoms with Crippen molar-refractivity contribution in [2.75, 3.05) is 40.0 Å². The van der Waals surface area contributed by atoms with Crippen molar-refractivity contribution in [2.45, 2.75) is 38.9 Å². The summed E-state index contributed by atoms with van der Waals surface area (Å²) in [6, 6.07) is 4.52. The van der Waals surface area contributed by atoms with Crippen molar-refractivity contribution in [3.05, 3.63) is 21.9 Å². The van der Waals surface area contributed by atoms with Gasteiger partial charge in [-0.25, -0.2) is 4.79 Å². The summed E-state index contributed by atoms with van der Waals surface area (Å²) >= 11 is 1.94. The minimum atomic E-state index is -5.08. The topological polar surface area (TPSA) is 59.0 Å². The number of rotatable bonds is 4. The highest BCUT2D eigenvalue weighted by Gasteiger charge is 2.43. The Bertz CT molecular complexity index is 625. The number of likely N-dealkylation sites (tertiary alicyclic amines) is 1. The molecule has 1 unspecified atom stereocenters. The van der Waals surface area contributed by atoms with Crippen molar-refractivity contribution in [3.8, 4) is 0 Å². The summed E-state index contributed by atoms with van der Waals surface area (Å²) in [4.78, 5) is 14.4. The third-order valence-corrected chi connectivity index (χ3v) is 6.55. The number of alkyl halides is 3. The molecule has 9 heteroatoms. The largest absolute Gasteiger partial charge is 0.490 e. The molecule has 0 aliphatic carbocycles. The van der Waals surface area contributed by atoms with Crippen LogP contribution in [0.4, 0.5) is 13.2 Å². The van der Waals surface area contributed by atoms with Gasteiger partial charge in [0.2, 0.25) is 0 Å². The van der Waals surface area contributed by atoms with E-state index in [4.69, 9.17) is 19.4 Å².